The zero-order valence-corrected chi connectivity index (χ0v) is 19.2. The van der Waals surface area contributed by atoms with Crippen molar-refractivity contribution in [2.24, 2.45) is 5.73 Å². The Morgan fingerprint density at radius 1 is 1.13 bits per heavy atom. The Kier molecular flexibility index (Phi) is 8.94. The Morgan fingerprint density at radius 2 is 1.94 bits per heavy atom. The number of fused-ring (bicyclic) bond motifs is 1. The van der Waals surface area contributed by atoms with Gasteiger partial charge in [-0.15, -0.1) is 24.8 Å². The van der Waals surface area contributed by atoms with Gasteiger partial charge in [-0.2, -0.15) is 0 Å². The van der Waals surface area contributed by atoms with Gasteiger partial charge in [0.25, 0.3) is 0 Å². The Morgan fingerprint density at radius 3 is 2.65 bits per heavy atom. The van der Waals surface area contributed by atoms with Crippen molar-refractivity contribution in [1.29, 1.82) is 0 Å². The Bertz CT molecular complexity index is 1040. The van der Waals surface area contributed by atoms with Crippen molar-refractivity contribution in [3.8, 4) is 11.5 Å². The smallest absolute Gasteiger partial charge is 0.162 e. The minimum absolute atomic E-state index is 0. The van der Waals surface area contributed by atoms with Gasteiger partial charge in [0.15, 0.2) is 11.5 Å². The molecule has 3 aromatic rings. The molecule has 168 valence electrons. The molecule has 2 unspecified atom stereocenters. The van der Waals surface area contributed by atoms with Gasteiger partial charge in [0.1, 0.15) is 24.1 Å². The van der Waals surface area contributed by atoms with Gasteiger partial charge in [-0.25, -0.2) is 14.4 Å². The first kappa shape index (κ1) is 25.2. The van der Waals surface area contributed by atoms with E-state index in [2.05, 4.69) is 15.3 Å². The van der Waals surface area contributed by atoms with Crippen LogP contribution in [-0.2, 0) is 0 Å². The predicted molar refractivity (Wildman–Crippen MR) is 126 cm³/mol. The molecule has 31 heavy (non-hydrogen) atoms. The van der Waals surface area contributed by atoms with E-state index in [1.807, 2.05) is 12.1 Å². The molecule has 1 fully saturated rings. The zero-order valence-electron chi connectivity index (χ0n) is 16.8. The maximum absolute atomic E-state index is 13.5. The third-order valence-electron chi connectivity index (χ3n) is 5.06. The lowest BCUT2D eigenvalue weighted by atomic mass is 9.93. The summed E-state index contributed by atoms with van der Waals surface area (Å²) in [6.07, 6.45) is 5.34. The lowest BCUT2D eigenvalue weighted by Crippen LogP contribution is -2.33. The van der Waals surface area contributed by atoms with Crippen LogP contribution in [0.5, 0.6) is 11.5 Å². The first-order valence-corrected chi connectivity index (χ1v) is 9.88. The van der Waals surface area contributed by atoms with Gasteiger partial charge < -0.3 is 20.5 Å². The van der Waals surface area contributed by atoms with Crippen LogP contribution in [0.2, 0.25) is 5.02 Å². The van der Waals surface area contributed by atoms with Crippen LogP contribution in [0.15, 0.2) is 36.7 Å². The highest BCUT2D eigenvalue weighted by Gasteiger charge is 2.22. The topological polar surface area (TPSA) is 82.3 Å². The molecule has 3 N–H and O–H groups in total. The fourth-order valence-corrected chi connectivity index (χ4v) is 3.77. The predicted octanol–water partition coefficient (Wildman–Crippen LogP) is 5.67. The van der Waals surface area contributed by atoms with E-state index < -0.39 is 5.82 Å². The molecule has 0 saturated heterocycles. The van der Waals surface area contributed by atoms with Gasteiger partial charge in [-0.3, -0.25) is 0 Å². The highest BCUT2D eigenvalue weighted by molar-refractivity contribution is 6.31. The molecule has 4 rings (SSSR count). The minimum Gasteiger partial charge on any atom is -0.493 e. The summed E-state index contributed by atoms with van der Waals surface area (Å²) in [6.45, 7) is 0. The molecule has 0 radical (unpaired) electrons. The van der Waals surface area contributed by atoms with E-state index >= 15 is 0 Å². The number of ether oxygens (including phenoxy) is 2. The average Bonchev–Trinajstić information content (AvgIpc) is 2.71. The fourth-order valence-electron chi connectivity index (χ4n) is 3.59. The molecule has 1 aliphatic rings. The number of nitrogens with zero attached hydrogens (tertiary/aromatic N) is 2. The molecular weight excluding hydrogens is 466 g/mol. The number of halogens is 4. The first-order chi connectivity index (χ1) is 14.0. The molecule has 6 nitrogen and oxygen atoms in total. The van der Waals surface area contributed by atoms with Gasteiger partial charge in [-0.05, 0) is 49.9 Å². The minimum atomic E-state index is -0.476. The van der Waals surface area contributed by atoms with Crippen molar-refractivity contribution in [3.63, 3.8) is 0 Å². The van der Waals surface area contributed by atoms with Gasteiger partial charge >= 0.3 is 0 Å². The summed E-state index contributed by atoms with van der Waals surface area (Å²) in [5.74, 6) is 1.31. The molecule has 0 aliphatic heterocycles. The zero-order chi connectivity index (χ0) is 20.4. The van der Waals surface area contributed by atoms with E-state index in [0.29, 0.717) is 28.5 Å². The molecule has 10 heteroatoms. The summed E-state index contributed by atoms with van der Waals surface area (Å²) in [6, 6.07) is 8.25. The standard InChI is InChI=1S/C21H22ClFN4O2.2ClH/c1-28-19-10-18-15(9-20(19)29-14-4-2-3-12(24)7-14)21(26-11-25-18)27-13-5-6-17(23)16(22)8-13;;/h5-6,8-12,14H,2-4,7,24H2,1H3,(H,25,26,27);2*1H. The lowest BCUT2D eigenvalue weighted by Gasteiger charge is -2.28. The largest absolute Gasteiger partial charge is 0.493 e. The van der Waals surface area contributed by atoms with Crippen LogP contribution in [0.1, 0.15) is 25.7 Å². The van der Waals surface area contributed by atoms with Gasteiger partial charge in [-0.1, -0.05) is 11.6 Å². The van der Waals surface area contributed by atoms with Crippen molar-refractivity contribution in [2.45, 2.75) is 37.8 Å². The normalized spacial score (nSPS) is 17.9. The van der Waals surface area contributed by atoms with E-state index in [4.69, 9.17) is 26.8 Å². The number of nitrogens with one attached hydrogen (secondary N) is 1. The first-order valence-electron chi connectivity index (χ1n) is 9.50. The van der Waals surface area contributed by atoms with Gasteiger partial charge in [0.05, 0.1) is 17.6 Å². The second-order valence-corrected chi connectivity index (χ2v) is 7.57. The summed E-state index contributed by atoms with van der Waals surface area (Å²) in [4.78, 5) is 8.67. The summed E-state index contributed by atoms with van der Waals surface area (Å²) in [5, 5.41) is 3.96. The lowest BCUT2D eigenvalue weighted by molar-refractivity contribution is 0.140. The number of aromatic nitrogens is 2. The van der Waals surface area contributed by atoms with Crippen molar-refractivity contribution >= 4 is 58.8 Å². The molecule has 0 bridgehead atoms. The monoisotopic (exact) mass is 488 g/mol. The third kappa shape index (κ3) is 5.80. The summed E-state index contributed by atoms with van der Waals surface area (Å²) in [5.41, 5.74) is 7.41. The molecule has 1 aliphatic carbocycles. The van der Waals surface area contributed by atoms with E-state index in [9.17, 15) is 4.39 Å². The average molecular weight is 490 g/mol. The van der Waals surface area contributed by atoms with Crippen LogP contribution in [-0.4, -0.2) is 29.2 Å². The van der Waals surface area contributed by atoms with Crippen LogP contribution in [0, 0.1) is 5.82 Å². The molecule has 2 atom stereocenters. The Balaban J connectivity index is 0.00000171. The Labute approximate surface area is 197 Å². The van der Waals surface area contributed by atoms with Crippen LogP contribution in [0.4, 0.5) is 15.9 Å². The SMILES string of the molecule is COc1cc2ncnc(Nc3ccc(F)c(Cl)c3)c2cc1OC1CCCC(N)C1.Cl.Cl. The highest BCUT2D eigenvalue weighted by atomic mass is 35.5. The number of methoxy groups -OCH3 is 1. The van der Waals surface area contributed by atoms with Gasteiger partial charge in [0.2, 0.25) is 0 Å². The second-order valence-electron chi connectivity index (χ2n) is 7.16. The summed E-state index contributed by atoms with van der Waals surface area (Å²) in [7, 11) is 1.60. The summed E-state index contributed by atoms with van der Waals surface area (Å²) >= 11 is 5.89. The fraction of sp³-hybridized carbons (Fsp3) is 0.333. The van der Waals surface area contributed by atoms with Crippen molar-refractivity contribution < 1.29 is 13.9 Å². The quantitative estimate of drug-likeness (QED) is 0.481. The molecule has 1 heterocycles. The van der Waals surface area contributed by atoms with Gasteiger partial charge in [0, 0.05) is 23.2 Å². The van der Waals surface area contributed by atoms with E-state index in [1.165, 1.54) is 18.5 Å². The maximum Gasteiger partial charge on any atom is 0.162 e. The number of nitrogens with two attached hydrogens (primary N) is 1. The number of hydrogen-bond donors (Lipinski definition) is 2. The number of benzene rings is 2. The second kappa shape index (κ2) is 11.0. The Hall–Kier alpha value is -2.06. The molecule has 1 saturated carbocycles. The number of hydrogen-bond acceptors (Lipinski definition) is 6. The number of rotatable bonds is 5. The molecule has 1 aromatic heterocycles. The van der Waals surface area contributed by atoms with Crippen molar-refractivity contribution in [3.05, 3.63) is 47.5 Å². The molecule has 0 amide bonds. The highest BCUT2D eigenvalue weighted by Crippen LogP contribution is 2.37. The summed E-state index contributed by atoms with van der Waals surface area (Å²) < 4.78 is 25.2. The van der Waals surface area contributed by atoms with Crippen LogP contribution >= 0.6 is 36.4 Å². The van der Waals surface area contributed by atoms with Crippen LogP contribution in [0.25, 0.3) is 10.9 Å². The van der Waals surface area contributed by atoms with Crippen LogP contribution < -0.4 is 20.5 Å². The van der Waals surface area contributed by atoms with Crippen molar-refractivity contribution in [2.75, 3.05) is 12.4 Å². The van der Waals surface area contributed by atoms with E-state index in [1.54, 1.807) is 13.2 Å². The molecular formula is C21H24Cl3FN4O2. The third-order valence-corrected chi connectivity index (χ3v) is 5.35. The number of anilines is 2. The molecule has 2 aromatic carbocycles. The molecule has 0 spiro atoms. The van der Waals surface area contributed by atoms with E-state index in [-0.39, 0.29) is 42.0 Å². The van der Waals surface area contributed by atoms with Crippen molar-refractivity contribution in [1.82, 2.24) is 9.97 Å². The maximum atomic E-state index is 13.5. The van der Waals surface area contributed by atoms with E-state index in [0.717, 1.165) is 31.1 Å². The van der Waals surface area contributed by atoms with Crippen LogP contribution in [0.3, 0.4) is 0 Å².